The average Bonchev–Trinajstić information content (AvgIpc) is 3.29. The number of hydrogen-bond acceptors (Lipinski definition) is 4. The van der Waals surface area contributed by atoms with Crippen LogP contribution in [0.1, 0.15) is 34.8 Å². The highest BCUT2D eigenvalue weighted by molar-refractivity contribution is 6.11. The number of carbonyl (C=O) groups is 1. The number of aliphatic hydroxyl groups is 1. The summed E-state index contributed by atoms with van der Waals surface area (Å²) in [5, 5.41) is 13.5. The van der Waals surface area contributed by atoms with Gasteiger partial charge in [0.25, 0.3) is 5.91 Å². The highest BCUT2D eigenvalue weighted by Gasteiger charge is 2.30. The van der Waals surface area contributed by atoms with Crippen LogP contribution in [0.3, 0.4) is 0 Å². The number of carbonyl (C=O) groups excluding carboxylic acids is 1. The molecule has 1 N–H and O–H groups in total. The van der Waals surface area contributed by atoms with Gasteiger partial charge in [0, 0.05) is 12.0 Å². The van der Waals surface area contributed by atoms with Crippen LogP contribution in [0.15, 0.2) is 89.6 Å². The van der Waals surface area contributed by atoms with Crippen LogP contribution in [-0.4, -0.2) is 36.0 Å². The molecule has 1 atom stereocenters. The van der Waals surface area contributed by atoms with E-state index in [1.165, 1.54) is 0 Å². The number of oxime groups is 1. The molecule has 0 saturated carbocycles. The van der Waals surface area contributed by atoms with Gasteiger partial charge in [-0.2, -0.15) is 0 Å². The minimum Gasteiger partial charge on any atom is -0.392 e. The Bertz CT molecular complexity index is 1160. The molecule has 32 heavy (non-hydrogen) atoms. The van der Waals surface area contributed by atoms with Gasteiger partial charge in [-0.25, -0.2) is 0 Å². The molecule has 0 fully saturated rings. The molecule has 1 amide bonds. The Labute approximate surface area is 188 Å². The van der Waals surface area contributed by atoms with Crippen LogP contribution in [0.25, 0.3) is 12.2 Å². The van der Waals surface area contributed by atoms with Crippen molar-refractivity contribution < 1.29 is 14.7 Å². The molecule has 2 aromatic rings. The molecule has 5 nitrogen and oxygen atoms in total. The number of amides is 1. The standard InChI is InChI=1S/C27H26N2O3/c1-3-20(13-12-19(2)18-30)25-16-23(32-28-25)17-29-26-11-7-5-9-22(26)15-14-21-8-4-6-10-24(21)27(29)31/h3-15,23,30H,1,16-18H2,2H3/b15-14-,19-12+,20-13+. The van der Waals surface area contributed by atoms with Gasteiger partial charge in [-0.1, -0.05) is 78.5 Å². The van der Waals surface area contributed by atoms with Crippen LogP contribution in [-0.2, 0) is 4.84 Å². The first-order valence-electron chi connectivity index (χ1n) is 10.6. The van der Waals surface area contributed by atoms with Crippen LogP contribution >= 0.6 is 0 Å². The van der Waals surface area contributed by atoms with Gasteiger partial charge >= 0.3 is 0 Å². The van der Waals surface area contributed by atoms with E-state index < -0.39 is 0 Å². The molecule has 162 valence electrons. The molecule has 0 aromatic heterocycles. The molecule has 2 aliphatic heterocycles. The van der Waals surface area contributed by atoms with Crippen LogP contribution < -0.4 is 4.90 Å². The summed E-state index contributed by atoms with van der Waals surface area (Å²) in [4.78, 5) is 21.1. The first kappa shape index (κ1) is 21.5. The number of hydrogen-bond donors (Lipinski definition) is 1. The third-order valence-corrected chi connectivity index (χ3v) is 5.58. The largest absolute Gasteiger partial charge is 0.392 e. The second kappa shape index (κ2) is 9.62. The fraction of sp³-hybridized carbons (Fsp3) is 0.185. The van der Waals surface area contributed by atoms with Gasteiger partial charge in [0.15, 0.2) is 6.10 Å². The minimum atomic E-state index is -0.274. The maximum atomic E-state index is 13.6. The van der Waals surface area contributed by atoms with Crippen molar-refractivity contribution in [3.63, 3.8) is 0 Å². The summed E-state index contributed by atoms with van der Waals surface area (Å²) < 4.78 is 0. The lowest BCUT2D eigenvalue weighted by atomic mass is 9.99. The zero-order valence-corrected chi connectivity index (χ0v) is 18.1. The van der Waals surface area contributed by atoms with E-state index in [1.807, 2.05) is 79.8 Å². The number of nitrogens with zero attached hydrogens (tertiary/aromatic N) is 2. The fourth-order valence-corrected chi connectivity index (χ4v) is 3.79. The third-order valence-electron chi connectivity index (χ3n) is 5.58. The fourth-order valence-electron chi connectivity index (χ4n) is 3.79. The second-order valence-electron chi connectivity index (χ2n) is 7.86. The molecular weight excluding hydrogens is 400 g/mol. The number of rotatable bonds is 6. The quantitative estimate of drug-likeness (QED) is 0.660. The minimum absolute atomic E-state index is 0.00107. The van der Waals surface area contributed by atoms with Gasteiger partial charge in [0.1, 0.15) is 0 Å². The Kier molecular flexibility index (Phi) is 6.47. The molecule has 1 unspecified atom stereocenters. The molecular formula is C27H26N2O3. The predicted octanol–water partition coefficient (Wildman–Crippen LogP) is 5.01. The number of allylic oxidation sites excluding steroid dienone is 4. The molecule has 0 radical (unpaired) electrons. The Morgan fingerprint density at radius 3 is 2.66 bits per heavy atom. The Balaban J connectivity index is 1.60. The number of aliphatic hydroxyl groups excluding tert-OH is 1. The van der Waals surface area contributed by atoms with Crippen LogP contribution in [0.4, 0.5) is 5.69 Å². The van der Waals surface area contributed by atoms with Crippen LogP contribution in [0.2, 0.25) is 0 Å². The SMILES string of the molecule is C=C/C(=C\C=C(/C)CO)C1=NOC(CN2C(=O)c3ccccc3/C=C\c3ccccc32)C1. The summed E-state index contributed by atoms with van der Waals surface area (Å²) >= 11 is 0. The molecule has 4 rings (SSSR count). The van der Waals surface area contributed by atoms with Crippen molar-refractivity contribution in [2.75, 3.05) is 18.1 Å². The highest BCUT2D eigenvalue weighted by atomic mass is 16.6. The molecule has 2 heterocycles. The molecule has 0 bridgehead atoms. The van der Waals surface area contributed by atoms with Gasteiger partial charge in [-0.15, -0.1) is 0 Å². The lowest BCUT2D eigenvalue weighted by Gasteiger charge is -2.28. The van der Waals surface area contributed by atoms with E-state index in [-0.39, 0.29) is 18.6 Å². The van der Waals surface area contributed by atoms with E-state index >= 15 is 0 Å². The van der Waals surface area contributed by atoms with Crippen molar-refractivity contribution in [1.82, 2.24) is 0 Å². The van der Waals surface area contributed by atoms with E-state index in [2.05, 4.69) is 11.7 Å². The summed E-state index contributed by atoms with van der Waals surface area (Å²) in [5.74, 6) is -0.0598. The van der Waals surface area contributed by atoms with Crippen LogP contribution in [0, 0.1) is 0 Å². The van der Waals surface area contributed by atoms with Gasteiger partial charge in [0.05, 0.1) is 24.6 Å². The first-order valence-corrected chi connectivity index (χ1v) is 10.6. The van der Waals surface area contributed by atoms with Crippen molar-refractivity contribution in [2.45, 2.75) is 19.4 Å². The summed E-state index contributed by atoms with van der Waals surface area (Å²) in [7, 11) is 0. The molecule has 2 aliphatic rings. The van der Waals surface area contributed by atoms with Gasteiger partial charge in [-0.05, 0) is 41.3 Å². The normalized spacial score (nSPS) is 19.3. The summed E-state index contributed by atoms with van der Waals surface area (Å²) in [6, 6.07) is 15.5. The maximum Gasteiger partial charge on any atom is 0.259 e. The number of fused-ring (bicyclic) bond motifs is 2. The van der Waals surface area contributed by atoms with Crippen molar-refractivity contribution >= 4 is 29.5 Å². The van der Waals surface area contributed by atoms with E-state index in [9.17, 15) is 9.90 Å². The molecule has 2 aromatic carbocycles. The van der Waals surface area contributed by atoms with Crippen molar-refractivity contribution in [3.8, 4) is 0 Å². The van der Waals surface area contributed by atoms with Gasteiger partial charge in [0.2, 0.25) is 0 Å². The Morgan fingerprint density at radius 2 is 1.88 bits per heavy atom. The van der Waals surface area contributed by atoms with Crippen LogP contribution in [0.5, 0.6) is 0 Å². The number of anilines is 1. The monoisotopic (exact) mass is 426 g/mol. The number of benzene rings is 2. The smallest absolute Gasteiger partial charge is 0.259 e. The topological polar surface area (TPSA) is 62.1 Å². The van der Waals surface area contributed by atoms with Gasteiger partial charge < -0.3 is 14.8 Å². The van der Waals surface area contributed by atoms with E-state index in [0.29, 0.717) is 18.5 Å². The Morgan fingerprint density at radius 1 is 1.16 bits per heavy atom. The molecule has 5 heteroatoms. The van der Waals surface area contributed by atoms with E-state index in [4.69, 9.17) is 4.84 Å². The van der Waals surface area contributed by atoms with Crippen molar-refractivity contribution in [1.29, 1.82) is 0 Å². The summed E-state index contributed by atoms with van der Waals surface area (Å²) in [6.07, 6.45) is 9.76. The average molecular weight is 427 g/mol. The molecule has 0 aliphatic carbocycles. The van der Waals surface area contributed by atoms with E-state index in [1.54, 1.807) is 11.0 Å². The summed E-state index contributed by atoms with van der Waals surface area (Å²) in [5.41, 5.74) is 5.84. The lowest BCUT2D eigenvalue weighted by molar-refractivity contribution is 0.0817. The summed E-state index contributed by atoms with van der Waals surface area (Å²) in [6.45, 7) is 6.10. The lowest BCUT2D eigenvalue weighted by Crippen LogP contribution is -2.39. The Hall–Kier alpha value is -3.70. The maximum absolute atomic E-state index is 13.6. The number of para-hydroxylation sites is 1. The molecule has 0 saturated heterocycles. The van der Waals surface area contributed by atoms with E-state index in [0.717, 1.165) is 33.7 Å². The predicted molar refractivity (Wildman–Crippen MR) is 130 cm³/mol. The second-order valence-corrected chi connectivity index (χ2v) is 7.86. The van der Waals surface area contributed by atoms with Crippen molar-refractivity contribution in [3.05, 3.63) is 101 Å². The first-order chi connectivity index (χ1) is 15.6. The zero-order chi connectivity index (χ0) is 22.5. The third kappa shape index (κ3) is 4.48. The highest BCUT2D eigenvalue weighted by Crippen LogP contribution is 2.30. The van der Waals surface area contributed by atoms with Gasteiger partial charge in [-0.3, -0.25) is 4.79 Å². The molecule has 0 spiro atoms. The van der Waals surface area contributed by atoms with Crippen molar-refractivity contribution in [2.24, 2.45) is 5.16 Å². The zero-order valence-electron chi connectivity index (χ0n) is 18.1.